The number of halogens is 1. The molecule has 4 aromatic rings. The van der Waals surface area contributed by atoms with Gasteiger partial charge in [-0.2, -0.15) is 4.98 Å². The Morgan fingerprint density at radius 1 is 1.17 bits per heavy atom. The number of nitrogens with zero attached hydrogens (tertiary/aromatic N) is 3. The van der Waals surface area contributed by atoms with Gasteiger partial charge in [0.15, 0.2) is 6.61 Å². The average molecular weight is 496 g/mol. The Bertz CT molecular complexity index is 1400. The van der Waals surface area contributed by atoms with Crippen LogP contribution in [0.1, 0.15) is 42.8 Å². The van der Waals surface area contributed by atoms with Gasteiger partial charge in [-0.05, 0) is 30.3 Å². The highest BCUT2D eigenvalue weighted by Crippen LogP contribution is 2.41. The topological polar surface area (TPSA) is 111 Å². The lowest BCUT2D eigenvalue weighted by Gasteiger charge is -2.30. The first-order chi connectivity index (χ1) is 17.2. The maximum Gasteiger partial charge on any atom is 0.340 e. The SMILES string of the molecule is CC(C)(C)c1nc(COc2cc3c(C(=O)O)c(-c4ccc(F)cc4)oc3cc2N2CCOCC2)no1. The summed E-state index contributed by atoms with van der Waals surface area (Å²) in [7, 11) is 0. The molecule has 9 nitrogen and oxygen atoms in total. The molecular formula is C26H26FN3O6. The van der Waals surface area contributed by atoms with Gasteiger partial charge in [-0.25, -0.2) is 9.18 Å². The Morgan fingerprint density at radius 3 is 2.53 bits per heavy atom. The van der Waals surface area contributed by atoms with Crippen LogP contribution in [0.25, 0.3) is 22.3 Å². The van der Waals surface area contributed by atoms with E-state index >= 15 is 0 Å². The first-order valence-corrected chi connectivity index (χ1v) is 11.6. The number of aromatic carboxylic acids is 1. The number of fused-ring (bicyclic) bond motifs is 1. The predicted octanol–water partition coefficient (Wildman–Crippen LogP) is 5.03. The highest BCUT2D eigenvalue weighted by molar-refractivity contribution is 6.09. The molecule has 3 heterocycles. The summed E-state index contributed by atoms with van der Waals surface area (Å²) in [6, 6.07) is 8.93. The van der Waals surface area contributed by atoms with Crippen LogP contribution in [0.2, 0.25) is 0 Å². The van der Waals surface area contributed by atoms with Gasteiger partial charge in [0, 0.05) is 35.5 Å². The molecular weight excluding hydrogens is 469 g/mol. The zero-order chi connectivity index (χ0) is 25.4. The molecule has 1 aliphatic rings. The Balaban J connectivity index is 1.58. The summed E-state index contributed by atoms with van der Waals surface area (Å²) in [6.07, 6.45) is 0. The van der Waals surface area contributed by atoms with E-state index in [1.165, 1.54) is 24.3 Å². The van der Waals surface area contributed by atoms with E-state index in [2.05, 4.69) is 15.0 Å². The highest BCUT2D eigenvalue weighted by Gasteiger charge is 2.26. The second-order valence-electron chi connectivity index (χ2n) is 9.59. The van der Waals surface area contributed by atoms with Crippen molar-refractivity contribution in [1.29, 1.82) is 0 Å². The molecule has 1 fully saturated rings. The lowest BCUT2D eigenvalue weighted by molar-refractivity contribution is 0.0699. The number of carboxylic acids is 1. The van der Waals surface area contributed by atoms with Crippen molar-refractivity contribution in [2.24, 2.45) is 0 Å². The van der Waals surface area contributed by atoms with Crippen molar-refractivity contribution < 1.29 is 32.7 Å². The number of furan rings is 1. The smallest absolute Gasteiger partial charge is 0.340 e. The molecule has 10 heteroatoms. The summed E-state index contributed by atoms with van der Waals surface area (Å²) in [5, 5.41) is 14.4. The molecule has 0 atom stereocenters. The van der Waals surface area contributed by atoms with Crippen molar-refractivity contribution in [2.45, 2.75) is 32.8 Å². The van der Waals surface area contributed by atoms with E-state index in [4.69, 9.17) is 18.4 Å². The molecule has 1 aliphatic heterocycles. The van der Waals surface area contributed by atoms with Crippen LogP contribution in [0.4, 0.5) is 10.1 Å². The lowest BCUT2D eigenvalue weighted by atomic mass is 9.97. The number of rotatable bonds is 6. The molecule has 188 valence electrons. The molecule has 0 spiro atoms. The van der Waals surface area contributed by atoms with Crippen LogP contribution in [-0.2, 0) is 16.8 Å². The van der Waals surface area contributed by atoms with E-state index in [1.54, 1.807) is 12.1 Å². The number of aromatic nitrogens is 2. The van der Waals surface area contributed by atoms with Crippen LogP contribution in [0.5, 0.6) is 5.75 Å². The summed E-state index contributed by atoms with van der Waals surface area (Å²) in [5.74, 6) is -0.0993. The Labute approximate surface area is 206 Å². The minimum absolute atomic E-state index is 0.0236. The first-order valence-electron chi connectivity index (χ1n) is 11.6. The summed E-state index contributed by atoms with van der Waals surface area (Å²) >= 11 is 0. The normalized spacial score (nSPS) is 14.4. The van der Waals surface area contributed by atoms with Crippen molar-refractivity contribution in [2.75, 3.05) is 31.2 Å². The van der Waals surface area contributed by atoms with Crippen LogP contribution in [0, 0.1) is 5.82 Å². The van der Waals surface area contributed by atoms with E-state index in [1.807, 2.05) is 20.8 Å². The largest absolute Gasteiger partial charge is 0.483 e. The first kappa shape index (κ1) is 23.8. The van der Waals surface area contributed by atoms with Crippen molar-refractivity contribution in [3.05, 3.63) is 59.5 Å². The number of carboxylic acid groups (broad SMARTS) is 1. The monoisotopic (exact) mass is 495 g/mol. The molecule has 0 radical (unpaired) electrons. The van der Waals surface area contributed by atoms with Crippen molar-refractivity contribution in [3.63, 3.8) is 0 Å². The number of morpholine rings is 1. The van der Waals surface area contributed by atoms with E-state index < -0.39 is 11.8 Å². The summed E-state index contributed by atoms with van der Waals surface area (Å²) in [4.78, 5) is 18.8. The molecule has 36 heavy (non-hydrogen) atoms. The number of anilines is 1. The Hall–Kier alpha value is -3.92. The van der Waals surface area contributed by atoms with Gasteiger partial charge in [0.2, 0.25) is 11.7 Å². The standard InChI is InChI=1S/C26H26FN3O6/c1-26(2,3)25-28-21(29-36-25)14-34-20-12-17-19(13-18(20)30-8-10-33-11-9-30)35-23(22(17)24(31)32)15-4-6-16(27)7-5-15/h4-7,12-13H,8-11,14H2,1-3H3,(H,31,32). The van der Waals surface area contributed by atoms with Gasteiger partial charge in [0.1, 0.15) is 28.5 Å². The van der Waals surface area contributed by atoms with E-state index in [0.29, 0.717) is 60.3 Å². The molecule has 0 bridgehead atoms. The fraction of sp³-hybridized carbons (Fsp3) is 0.346. The van der Waals surface area contributed by atoms with Crippen LogP contribution in [0.3, 0.4) is 0 Å². The number of ether oxygens (including phenoxy) is 2. The van der Waals surface area contributed by atoms with Gasteiger partial charge < -0.3 is 28.4 Å². The van der Waals surface area contributed by atoms with Crippen molar-refractivity contribution in [3.8, 4) is 17.1 Å². The lowest BCUT2D eigenvalue weighted by Crippen LogP contribution is -2.36. The summed E-state index contributed by atoms with van der Waals surface area (Å²) in [5.41, 5.74) is 1.26. The third-order valence-corrected chi connectivity index (χ3v) is 5.91. The molecule has 0 unspecified atom stereocenters. The van der Waals surface area contributed by atoms with Gasteiger partial charge in [-0.1, -0.05) is 25.9 Å². The zero-order valence-corrected chi connectivity index (χ0v) is 20.2. The number of carbonyl (C=O) groups is 1. The van der Waals surface area contributed by atoms with Crippen LogP contribution in [-0.4, -0.2) is 47.5 Å². The summed E-state index contributed by atoms with van der Waals surface area (Å²) in [6.45, 7) is 8.33. The number of hydrogen-bond acceptors (Lipinski definition) is 8. The Morgan fingerprint density at radius 2 is 1.89 bits per heavy atom. The minimum atomic E-state index is -1.16. The van der Waals surface area contributed by atoms with E-state index in [9.17, 15) is 14.3 Å². The van der Waals surface area contributed by atoms with Crippen LogP contribution < -0.4 is 9.64 Å². The second-order valence-corrected chi connectivity index (χ2v) is 9.59. The van der Waals surface area contributed by atoms with E-state index in [-0.39, 0.29) is 23.3 Å². The van der Waals surface area contributed by atoms with Crippen LogP contribution >= 0.6 is 0 Å². The fourth-order valence-electron chi connectivity index (χ4n) is 4.06. The van der Waals surface area contributed by atoms with Gasteiger partial charge in [0.05, 0.1) is 18.9 Å². The predicted molar refractivity (Wildman–Crippen MR) is 129 cm³/mol. The van der Waals surface area contributed by atoms with Gasteiger partial charge in [0.25, 0.3) is 0 Å². The number of hydrogen-bond donors (Lipinski definition) is 1. The average Bonchev–Trinajstić information content (AvgIpc) is 3.48. The minimum Gasteiger partial charge on any atom is -0.483 e. The van der Waals surface area contributed by atoms with Crippen molar-refractivity contribution >= 4 is 22.6 Å². The van der Waals surface area contributed by atoms with Gasteiger partial charge >= 0.3 is 5.97 Å². The van der Waals surface area contributed by atoms with Crippen molar-refractivity contribution in [1.82, 2.24) is 10.1 Å². The fourth-order valence-corrected chi connectivity index (χ4v) is 4.06. The highest BCUT2D eigenvalue weighted by atomic mass is 19.1. The van der Waals surface area contributed by atoms with E-state index in [0.717, 1.165) is 5.69 Å². The maximum absolute atomic E-state index is 13.5. The number of benzene rings is 2. The molecule has 0 amide bonds. The van der Waals surface area contributed by atoms with Crippen LogP contribution in [0.15, 0.2) is 45.3 Å². The molecule has 2 aromatic carbocycles. The summed E-state index contributed by atoms with van der Waals surface area (Å²) < 4.78 is 36.5. The quantitative estimate of drug-likeness (QED) is 0.393. The molecule has 2 aromatic heterocycles. The third kappa shape index (κ3) is 4.64. The van der Waals surface area contributed by atoms with Gasteiger partial charge in [-0.3, -0.25) is 0 Å². The maximum atomic E-state index is 13.5. The van der Waals surface area contributed by atoms with Gasteiger partial charge in [-0.15, -0.1) is 0 Å². The zero-order valence-electron chi connectivity index (χ0n) is 20.2. The molecule has 0 aliphatic carbocycles. The third-order valence-electron chi connectivity index (χ3n) is 5.91. The second kappa shape index (κ2) is 9.27. The molecule has 0 saturated carbocycles. The molecule has 1 saturated heterocycles. The molecule has 5 rings (SSSR count). The molecule has 1 N–H and O–H groups in total. The Kier molecular flexibility index (Phi) is 6.13.